The van der Waals surface area contributed by atoms with E-state index < -0.39 is 0 Å². The van der Waals surface area contributed by atoms with Crippen molar-refractivity contribution >= 4 is 17.2 Å². The number of aliphatic hydroxyl groups excluding tert-OH is 1. The Morgan fingerprint density at radius 2 is 1.97 bits per heavy atom. The molecule has 0 radical (unpaired) electrons. The van der Waals surface area contributed by atoms with Crippen LogP contribution in [0.25, 0.3) is 16.9 Å². The van der Waals surface area contributed by atoms with E-state index in [-0.39, 0.29) is 12.5 Å². The summed E-state index contributed by atoms with van der Waals surface area (Å²) in [5.74, 6) is 0.471. The Bertz CT molecular complexity index is 1230. The van der Waals surface area contributed by atoms with Crippen LogP contribution in [0.3, 0.4) is 0 Å². The monoisotopic (exact) mass is 430 g/mol. The Labute approximate surface area is 186 Å². The summed E-state index contributed by atoms with van der Waals surface area (Å²) in [5, 5.41) is 15.1. The molecule has 2 heterocycles. The summed E-state index contributed by atoms with van der Waals surface area (Å²) in [6.07, 6.45) is 3.98. The lowest BCUT2D eigenvalue weighted by atomic mass is 10.1. The SMILES string of the molecule is COc1ccc(C(=O)Nc2ccc(-c3cn4cccc(C)c4n3)cc2)c(CNCCO)c1. The Morgan fingerprint density at radius 1 is 1.16 bits per heavy atom. The van der Waals surface area contributed by atoms with E-state index in [4.69, 9.17) is 14.8 Å². The largest absolute Gasteiger partial charge is 0.497 e. The molecule has 0 aliphatic rings. The van der Waals surface area contributed by atoms with Crippen molar-refractivity contribution in [1.82, 2.24) is 14.7 Å². The van der Waals surface area contributed by atoms with Crippen LogP contribution in [-0.4, -0.2) is 40.7 Å². The number of amides is 1. The molecule has 0 bridgehead atoms. The minimum Gasteiger partial charge on any atom is -0.497 e. The van der Waals surface area contributed by atoms with Gasteiger partial charge in [-0.05, 0) is 54.4 Å². The number of rotatable bonds is 8. The molecule has 0 saturated carbocycles. The molecule has 2 aromatic carbocycles. The smallest absolute Gasteiger partial charge is 0.255 e. The predicted octanol–water partition coefficient (Wildman–Crippen LogP) is 3.65. The van der Waals surface area contributed by atoms with Gasteiger partial charge in [-0.1, -0.05) is 18.2 Å². The van der Waals surface area contributed by atoms with Crippen LogP contribution in [0, 0.1) is 6.92 Å². The maximum absolute atomic E-state index is 12.9. The van der Waals surface area contributed by atoms with Crippen LogP contribution < -0.4 is 15.4 Å². The molecule has 0 unspecified atom stereocenters. The van der Waals surface area contributed by atoms with Gasteiger partial charge in [-0.25, -0.2) is 4.98 Å². The summed E-state index contributed by atoms with van der Waals surface area (Å²) in [5.41, 5.74) is 5.95. The van der Waals surface area contributed by atoms with Gasteiger partial charge >= 0.3 is 0 Å². The van der Waals surface area contributed by atoms with Crippen LogP contribution in [-0.2, 0) is 6.54 Å². The van der Waals surface area contributed by atoms with E-state index in [1.54, 1.807) is 19.2 Å². The van der Waals surface area contributed by atoms with E-state index >= 15 is 0 Å². The summed E-state index contributed by atoms with van der Waals surface area (Å²) in [4.78, 5) is 17.7. The first-order valence-corrected chi connectivity index (χ1v) is 10.4. The topological polar surface area (TPSA) is 87.9 Å². The fraction of sp³-hybridized carbons (Fsp3) is 0.200. The molecule has 0 atom stereocenters. The first kappa shape index (κ1) is 21.5. The number of aryl methyl sites for hydroxylation is 1. The molecule has 32 heavy (non-hydrogen) atoms. The van der Waals surface area contributed by atoms with E-state index in [1.807, 2.05) is 66.2 Å². The number of aromatic nitrogens is 2. The van der Waals surface area contributed by atoms with Crippen molar-refractivity contribution in [3.8, 4) is 17.0 Å². The van der Waals surface area contributed by atoms with Gasteiger partial charge in [-0.3, -0.25) is 4.79 Å². The molecule has 0 saturated heterocycles. The van der Waals surface area contributed by atoms with E-state index in [1.165, 1.54) is 0 Å². The highest BCUT2D eigenvalue weighted by Gasteiger charge is 2.13. The highest BCUT2D eigenvalue weighted by molar-refractivity contribution is 6.05. The van der Waals surface area contributed by atoms with Crippen LogP contribution in [0.15, 0.2) is 67.0 Å². The Kier molecular flexibility index (Phi) is 6.49. The predicted molar refractivity (Wildman–Crippen MR) is 125 cm³/mol. The number of carbonyl (C=O) groups excluding carboxylic acids is 1. The van der Waals surface area contributed by atoms with Crippen molar-refractivity contribution in [3.05, 3.63) is 83.7 Å². The van der Waals surface area contributed by atoms with Crippen LogP contribution in [0.1, 0.15) is 21.5 Å². The van der Waals surface area contributed by atoms with Gasteiger partial charge in [0.25, 0.3) is 5.91 Å². The maximum atomic E-state index is 12.9. The fourth-order valence-electron chi connectivity index (χ4n) is 3.58. The highest BCUT2D eigenvalue weighted by Crippen LogP contribution is 2.24. The Balaban J connectivity index is 1.52. The lowest BCUT2D eigenvalue weighted by molar-refractivity contribution is 0.102. The van der Waals surface area contributed by atoms with E-state index in [9.17, 15) is 4.79 Å². The third kappa shape index (κ3) is 4.64. The number of anilines is 1. The average molecular weight is 431 g/mol. The molecule has 0 fully saturated rings. The van der Waals surface area contributed by atoms with Gasteiger partial charge in [-0.15, -0.1) is 0 Å². The number of hydrogen-bond donors (Lipinski definition) is 3. The zero-order valence-corrected chi connectivity index (χ0v) is 18.1. The van der Waals surface area contributed by atoms with Gasteiger partial charge in [0.15, 0.2) is 0 Å². The fourth-order valence-corrected chi connectivity index (χ4v) is 3.58. The van der Waals surface area contributed by atoms with Crippen molar-refractivity contribution in [2.75, 3.05) is 25.6 Å². The molecule has 164 valence electrons. The van der Waals surface area contributed by atoms with E-state index in [2.05, 4.69) is 10.6 Å². The molecular formula is C25H26N4O3. The minimum absolute atomic E-state index is 0.0315. The second-order valence-electron chi connectivity index (χ2n) is 7.50. The maximum Gasteiger partial charge on any atom is 0.255 e. The lowest BCUT2D eigenvalue weighted by Gasteiger charge is -2.13. The number of imidazole rings is 1. The van der Waals surface area contributed by atoms with Gasteiger partial charge < -0.3 is 24.9 Å². The third-order valence-corrected chi connectivity index (χ3v) is 5.28. The zero-order valence-electron chi connectivity index (χ0n) is 18.1. The molecule has 0 aliphatic carbocycles. The van der Waals surface area contributed by atoms with Crippen LogP contribution in [0.4, 0.5) is 5.69 Å². The number of fused-ring (bicyclic) bond motifs is 1. The summed E-state index contributed by atoms with van der Waals surface area (Å²) in [7, 11) is 1.59. The summed E-state index contributed by atoms with van der Waals surface area (Å²) in [6.45, 7) is 2.97. The second kappa shape index (κ2) is 9.64. The van der Waals surface area contributed by atoms with Crippen LogP contribution in [0.2, 0.25) is 0 Å². The number of nitrogens with zero attached hydrogens (tertiary/aromatic N) is 2. The van der Waals surface area contributed by atoms with Gasteiger partial charge in [0, 0.05) is 42.3 Å². The number of nitrogens with one attached hydrogen (secondary N) is 2. The molecule has 2 aromatic heterocycles. The highest BCUT2D eigenvalue weighted by atomic mass is 16.5. The number of benzene rings is 2. The minimum atomic E-state index is -0.204. The van der Waals surface area contributed by atoms with Crippen LogP contribution >= 0.6 is 0 Å². The van der Waals surface area contributed by atoms with Crippen molar-refractivity contribution < 1.29 is 14.6 Å². The third-order valence-electron chi connectivity index (χ3n) is 5.28. The number of ether oxygens (including phenoxy) is 1. The number of methoxy groups -OCH3 is 1. The van der Waals surface area contributed by atoms with Crippen molar-refractivity contribution in [3.63, 3.8) is 0 Å². The normalized spacial score (nSPS) is 11.0. The number of carbonyl (C=O) groups is 1. The standard InChI is InChI=1S/C25H26N4O3/c1-17-4-3-12-29-16-23(28-24(17)29)18-5-7-20(8-6-18)27-25(31)22-10-9-21(32-2)14-19(22)15-26-11-13-30/h3-10,12,14,16,26,30H,11,13,15H2,1-2H3,(H,27,31). The van der Waals surface area contributed by atoms with Crippen molar-refractivity contribution in [2.24, 2.45) is 0 Å². The molecule has 1 amide bonds. The van der Waals surface area contributed by atoms with Crippen molar-refractivity contribution in [1.29, 1.82) is 0 Å². The Hall–Kier alpha value is -3.68. The molecule has 0 aliphatic heterocycles. The van der Waals surface area contributed by atoms with E-state index in [0.29, 0.717) is 30.1 Å². The summed E-state index contributed by atoms with van der Waals surface area (Å²) < 4.78 is 7.29. The summed E-state index contributed by atoms with van der Waals surface area (Å²) in [6, 6.07) is 17.0. The molecule has 4 aromatic rings. The first-order valence-electron chi connectivity index (χ1n) is 10.4. The molecule has 7 heteroatoms. The van der Waals surface area contributed by atoms with Crippen molar-refractivity contribution in [2.45, 2.75) is 13.5 Å². The molecule has 7 nitrogen and oxygen atoms in total. The second-order valence-corrected chi connectivity index (χ2v) is 7.50. The number of hydrogen-bond acceptors (Lipinski definition) is 5. The van der Waals surface area contributed by atoms with Gasteiger partial charge in [0.2, 0.25) is 0 Å². The first-order chi connectivity index (χ1) is 15.6. The van der Waals surface area contributed by atoms with E-state index in [0.717, 1.165) is 28.0 Å². The zero-order chi connectivity index (χ0) is 22.5. The Morgan fingerprint density at radius 3 is 2.69 bits per heavy atom. The average Bonchev–Trinajstić information content (AvgIpc) is 3.25. The quantitative estimate of drug-likeness (QED) is 0.372. The summed E-state index contributed by atoms with van der Waals surface area (Å²) >= 11 is 0. The number of aliphatic hydroxyl groups is 1. The molecule has 3 N–H and O–H groups in total. The van der Waals surface area contributed by atoms with Gasteiger partial charge in [-0.2, -0.15) is 0 Å². The number of pyridine rings is 1. The molecular weight excluding hydrogens is 404 g/mol. The van der Waals surface area contributed by atoms with Crippen LogP contribution in [0.5, 0.6) is 5.75 Å². The lowest BCUT2D eigenvalue weighted by Crippen LogP contribution is -2.21. The van der Waals surface area contributed by atoms with Gasteiger partial charge in [0.1, 0.15) is 11.4 Å². The molecule has 0 spiro atoms. The van der Waals surface area contributed by atoms with Gasteiger partial charge in [0.05, 0.1) is 19.4 Å². The molecule has 4 rings (SSSR count).